The third-order valence-corrected chi connectivity index (χ3v) is 5.28. The van der Waals surface area contributed by atoms with Crippen molar-refractivity contribution >= 4 is 33.2 Å². The van der Waals surface area contributed by atoms with Gasteiger partial charge in [0.1, 0.15) is 0 Å². The van der Waals surface area contributed by atoms with Crippen molar-refractivity contribution in [1.29, 1.82) is 0 Å². The lowest BCUT2D eigenvalue weighted by Crippen LogP contribution is -2.36. The van der Waals surface area contributed by atoms with Crippen LogP contribution in [-0.4, -0.2) is 20.2 Å². The fraction of sp³-hybridized carbons (Fsp3) is 0.222. The Morgan fingerprint density at radius 3 is 2.04 bits per heavy atom. The highest BCUT2D eigenvalue weighted by Crippen LogP contribution is 2.25. The molecule has 0 fully saturated rings. The van der Waals surface area contributed by atoms with Gasteiger partial charge in [-0.2, -0.15) is 0 Å². The molecule has 0 atom stereocenters. The molecule has 1 N–H and O–H groups in total. The summed E-state index contributed by atoms with van der Waals surface area (Å²) in [5, 5.41) is 2.65. The van der Waals surface area contributed by atoms with Crippen molar-refractivity contribution in [2.24, 2.45) is 0 Å². The van der Waals surface area contributed by atoms with Gasteiger partial charge in [-0.25, -0.2) is 12.7 Å². The number of carbonyl (C=O) groups excluding carboxylic acids is 2. The van der Waals surface area contributed by atoms with Gasteiger partial charge in [0, 0.05) is 18.5 Å². The second-order valence-electron chi connectivity index (χ2n) is 5.28. The molecule has 0 aromatic heterocycles. The van der Waals surface area contributed by atoms with Crippen LogP contribution in [0.3, 0.4) is 0 Å². The van der Waals surface area contributed by atoms with E-state index in [2.05, 4.69) is 5.32 Å². The average Bonchev–Trinajstić information content (AvgIpc) is 2.62. The van der Waals surface area contributed by atoms with Crippen LogP contribution in [0.4, 0.5) is 11.4 Å². The Hall–Kier alpha value is -2.67. The lowest BCUT2D eigenvalue weighted by atomic mass is 10.3. The minimum Gasteiger partial charge on any atom is -0.326 e. The number of hydrogen-bond donors (Lipinski definition) is 1. The first-order valence-electron chi connectivity index (χ1n) is 7.93. The Labute approximate surface area is 147 Å². The number of anilines is 2. The van der Waals surface area contributed by atoms with E-state index in [9.17, 15) is 18.0 Å². The number of carbonyl (C=O) groups is 2. The molecule has 7 heteroatoms. The zero-order valence-corrected chi connectivity index (χ0v) is 14.9. The van der Waals surface area contributed by atoms with Crippen LogP contribution in [0.1, 0.15) is 26.7 Å². The van der Waals surface area contributed by atoms with Crippen LogP contribution in [0, 0.1) is 0 Å². The summed E-state index contributed by atoms with van der Waals surface area (Å²) in [5.41, 5.74) is 0.789. The number of rotatable bonds is 6. The number of nitrogens with one attached hydrogen (secondary N) is 1. The number of hydrogen-bond acceptors (Lipinski definition) is 4. The van der Waals surface area contributed by atoms with Crippen LogP contribution in [0.25, 0.3) is 0 Å². The van der Waals surface area contributed by atoms with Crippen molar-refractivity contribution < 1.29 is 18.0 Å². The number of amides is 2. The first-order chi connectivity index (χ1) is 11.9. The molecule has 0 spiro atoms. The molecule has 0 saturated heterocycles. The van der Waals surface area contributed by atoms with Crippen molar-refractivity contribution in [3.05, 3.63) is 54.6 Å². The summed E-state index contributed by atoms with van der Waals surface area (Å²) in [6, 6.07) is 14.0. The van der Waals surface area contributed by atoms with Crippen molar-refractivity contribution in [1.82, 2.24) is 0 Å². The molecule has 0 bridgehead atoms. The van der Waals surface area contributed by atoms with E-state index in [1.807, 2.05) is 0 Å². The first kappa shape index (κ1) is 18.7. The predicted octanol–water partition coefficient (Wildman–Crippen LogP) is 3.17. The molecule has 25 heavy (non-hydrogen) atoms. The monoisotopic (exact) mass is 360 g/mol. The molecular weight excluding hydrogens is 340 g/mol. The van der Waals surface area contributed by atoms with Crippen LogP contribution in [0.5, 0.6) is 0 Å². The van der Waals surface area contributed by atoms with E-state index in [1.165, 1.54) is 24.3 Å². The highest BCUT2D eigenvalue weighted by atomic mass is 32.2. The van der Waals surface area contributed by atoms with Crippen molar-refractivity contribution in [3.63, 3.8) is 0 Å². The summed E-state index contributed by atoms with van der Waals surface area (Å²) < 4.78 is 26.7. The van der Waals surface area contributed by atoms with Gasteiger partial charge in [-0.15, -0.1) is 0 Å². The van der Waals surface area contributed by atoms with Gasteiger partial charge in [-0.1, -0.05) is 32.0 Å². The lowest BCUT2D eigenvalue weighted by Gasteiger charge is -2.22. The maximum atomic E-state index is 12.9. The van der Waals surface area contributed by atoms with Gasteiger partial charge in [-0.3, -0.25) is 9.59 Å². The molecule has 132 valence electrons. The summed E-state index contributed by atoms with van der Waals surface area (Å²) in [5.74, 6) is -0.683. The highest BCUT2D eigenvalue weighted by molar-refractivity contribution is 7.93. The molecule has 2 amide bonds. The molecular formula is C18H20N2O4S. The molecule has 0 unspecified atom stereocenters. The Bertz CT molecular complexity index is 846. The summed E-state index contributed by atoms with van der Waals surface area (Å²) in [6.45, 7) is 3.33. The second kappa shape index (κ2) is 7.94. The Kier molecular flexibility index (Phi) is 5.93. The normalized spacial score (nSPS) is 11.0. The molecule has 0 radical (unpaired) electrons. The van der Waals surface area contributed by atoms with Crippen LogP contribution >= 0.6 is 0 Å². The minimum atomic E-state index is -4.05. The highest BCUT2D eigenvalue weighted by Gasteiger charge is 2.29. The summed E-state index contributed by atoms with van der Waals surface area (Å²) in [4.78, 5) is 23.7. The van der Waals surface area contributed by atoms with E-state index >= 15 is 0 Å². The van der Waals surface area contributed by atoms with Crippen molar-refractivity contribution in [3.8, 4) is 0 Å². The predicted molar refractivity (Wildman–Crippen MR) is 96.8 cm³/mol. The van der Waals surface area contributed by atoms with E-state index in [0.29, 0.717) is 12.1 Å². The van der Waals surface area contributed by atoms with Gasteiger partial charge in [0.25, 0.3) is 10.0 Å². The lowest BCUT2D eigenvalue weighted by molar-refractivity contribution is -0.117. The van der Waals surface area contributed by atoms with E-state index in [-0.39, 0.29) is 22.9 Å². The summed E-state index contributed by atoms with van der Waals surface area (Å²) >= 11 is 0. The van der Waals surface area contributed by atoms with E-state index in [1.54, 1.807) is 44.2 Å². The molecule has 0 aliphatic heterocycles. The molecule has 0 aliphatic carbocycles. The van der Waals surface area contributed by atoms with E-state index in [4.69, 9.17) is 0 Å². The van der Waals surface area contributed by atoms with Gasteiger partial charge in [0.15, 0.2) is 0 Å². The maximum absolute atomic E-state index is 12.9. The largest absolute Gasteiger partial charge is 0.326 e. The quantitative estimate of drug-likeness (QED) is 0.858. The van der Waals surface area contributed by atoms with Crippen molar-refractivity contribution in [2.45, 2.75) is 31.6 Å². The van der Waals surface area contributed by atoms with Crippen LogP contribution in [0.15, 0.2) is 59.5 Å². The van der Waals surface area contributed by atoms with E-state index in [0.717, 1.165) is 4.31 Å². The van der Waals surface area contributed by atoms with Gasteiger partial charge in [0.2, 0.25) is 11.8 Å². The molecule has 2 rings (SSSR count). The zero-order valence-electron chi connectivity index (χ0n) is 14.1. The average molecular weight is 360 g/mol. The topological polar surface area (TPSA) is 83.6 Å². The SMILES string of the molecule is CCC(=O)Nc1ccc(S(=O)(=O)N(C(=O)CC)c2ccccc2)cc1. The number of benzene rings is 2. The van der Waals surface area contributed by atoms with Gasteiger partial charge in [0.05, 0.1) is 10.6 Å². The molecule has 0 heterocycles. The molecule has 2 aromatic carbocycles. The molecule has 6 nitrogen and oxygen atoms in total. The van der Waals surface area contributed by atoms with Crippen LogP contribution in [0.2, 0.25) is 0 Å². The number of sulfonamides is 1. The first-order valence-corrected chi connectivity index (χ1v) is 9.37. The number of nitrogens with zero attached hydrogens (tertiary/aromatic N) is 1. The second-order valence-corrected chi connectivity index (χ2v) is 7.07. The summed E-state index contributed by atoms with van der Waals surface area (Å²) in [7, 11) is -4.05. The van der Waals surface area contributed by atoms with Gasteiger partial charge in [-0.05, 0) is 36.4 Å². The third-order valence-electron chi connectivity index (χ3n) is 3.52. The fourth-order valence-corrected chi connectivity index (χ4v) is 3.68. The number of para-hydroxylation sites is 1. The van der Waals surface area contributed by atoms with Crippen LogP contribution in [-0.2, 0) is 19.6 Å². The fourth-order valence-electron chi connectivity index (χ4n) is 2.19. The Morgan fingerprint density at radius 1 is 0.920 bits per heavy atom. The van der Waals surface area contributed by atoms with Gasteiger partial charge >= 0.3 is 0 Å². The zero-order chi connectivity index (χ0) is 18.4. The molecule has 2 aromatic rings. The standard InChI is InChI=1S/C18H20N2O4S/c1-3-17(21)19-14-10-12-16(13-11-14)25(23,24)20(18(22)4-2)15-8-6-5-7-9-15/h5-13H,3-4H2,1-2H3,(H,19,21). The molecule has 0 aliphatic rings. The van der Waals surface area contributed by atoms with E-state index < -0.39 is 15.9 Å². The third kappa shape index (κ3) is 4.24. The smallest absolute Gasteiger partial charge is 0.270 e. The molecule has 0 saturated carbocycles. The summed E-state index contributed by atoms with van der Waals surface area (Å²) in [6.07, 6.45) is 0.381. The van der Waals surface area contributed by atoms with Crippen molar-refractivity contribution in [2.75, 3.05) is 9.62 Å². The maximum Gasteiger partial charge on any atom is 0.270 e. The Morgan fingerprint density at radius 2 is 1.52 bits per heavy atom. The Balaban J connectivity index is 2.40. The van der Waals surface area contributed by atoms with Gasteiger partial charge < -0.3 is 5.32 Å². The minimum absolute atomic E-state index is 0.0207. The van der Waals surface area contributed by atoms with Crippen LogP contribution < -0.4 is 9.62 Å².